The van der Waals surface area contributed by atoms with Crippen LogP contribution in [0.4, 0.5) is 4.39 Å². The summed E-state index contributed by atoms with van der Waals surface area (Å²) >= 11 is 4.91. The normalized spacial score (nSPS) is 15.2. The minimum absolute atomic E-state index is 0.185. The number of rotatable bonds is 0. The number of nitrogens with zero attached hydrogens (tertiary/aromatic N) is 1. The van der Waals surface area contributed by atoms with Gasteiger partial charge >= 0.3 is 0 Å². The van der Waals surface area contributed by atoms with E-state index in [9.17, 15) is 4.39 Å². The van der Waals surface area contributed by atoms with Crippen molar-refractivity contribution in [3.8, 4) is 0 Å². The van der Waals surface area contributed by atoms with Crippen molar-refractivity contribution in [2.75, 3.05) is 0 Å². The van der Waals surface area contributed by atoms with Gasteiger partial charge in [-0.15, -0.1) is 0 Å². The zero-order valence-electron chi connectivity index (χ0n) is 6.75. The summed E-state index contributed by atoms with van der Waals surface area (Å²) in [7, 11) is 0. The molecule has 1 heterocycles. The highest BCUT2D eigenvalue weighted by molar-refractivity contribution is 7.80. The first-order valence-corrected chi connectivity index (χ1v) is 4.24. The van der Waals surface area contributed by atoms with Gasteiger partial charge in [-0.2, -0.15) is 0 Å². The minimum Gasteiger partial charge on any atom is -0.383 e. The van der Waals surface area contributed by atoms with Crippen LogP contribution in [0.25, 0.3) is 0 Å². The van der Waals surface area contributed by atoms with Crippen molar-refractivity contribution in [2.24, 2.45) is 10.7 Å². The van der Waals surface area contributed by atoms with Crippen molar-refractivity contribution in [1.82, 2.24) is 0 Å². The van der Waals surface area contributed by atoms with Crippen LogP contribution in [0.1, 0.15) is 11.1 Å². The summed E-state index contributed by atoms with van der Waals surface area (Å²) in [4.78, 5) is 4.38. The molecule has 4 heteroatoms. The highest BCUT2D eigenvalue weighted by Gasteiger charge is 2.17. The molecule has 0 bridgehead atoms. The molecule has 1 aromatic carbocycles. The van der Waals surface area contributed by atoms with Gasteiger partial charge < -0.3 is 5.73 Å². The van der Waals surface area contributed by atoms with Crippen molar-refractivity contribution in [1.29, 1.82) is 0 Å². The number of hydrogen-bond donors (Lipinski definition) is 1. The van der Waals surface area contributed by atoms with E-state index in [1.807, 2.05) is 6.07 Å². The van der Waals surface area contributed by atoms with E-state index in [2.05, 4.69) is 4.99 Å². The van der Waals surface area contributed by atoms with E-state index in [0.717, 1.165) is 5.56 Å². The maximum absolute atomic E-state index is 13.2. The molecule has 13 heavy (non-hydrogen) atoms. The molecular weight excluding hydrogens is 187 g/mol. The molecule has 0 amide bonds. The van der Waals surface area contributed by atoms with Crippen molar-refractivity contribution in [3.05, 3.63) is 35.1 Å². The van der Waals surface area contributed by atoms with E-state index in [-0.39, 0.29) is 11.7 Å². The first-order chi connectivity index (χ1) is 6.18. The third-order valence-electron chi connectivity index (χ3n) is 1.94. The Kier molecular flexibility index (Phi) is 1.84. The summed E-state index contributed by atoms with van der Waals surface area (Å²) in [6.45, 7) is 0. The molecule has 1 aliphatic rings. The van der Waals surface area contributed by atoms with Gasteiger partial charge in [-0.3, -0.25) is 0 Å². The van der Waals surface area contributed by atoms with Gasteiger partial charge in [0.15, 0.2) is 0 Å². The second-order valence-electron chi connectivity index (χ2n) is 2.84. The van der Waals surface area contributed by atoms with Crippen LogP contribution >= 0.6 is 12.2 Å². The lowest BCUT2D eigenvalue weighted by Crippen LogP contribution is -2.24. The number of nitrogens with two attached hydrogens (primary N) is 1. The number of benzene rings is 1. The van der Waals surface area contributed by atoms with Gasteiger partial charge in [0, 0.05) is 6.42 Å². The first-order valence-electron chi connectivity index (χ1n) is 3.83. The second-order valence-corrected chi connectivity index (χ2v) is 3.31. The van der Waals surface area contributed by atoms with Crippen molar-refractivity contribution in [3.63, 3.8) is 0 Å². The van der Waals surface area contributed by atoms with Crippen LogP contribution in [0, 0.1) is 5.82 Å². The standard InChI is InChI=1S/C9H7FN2S/c10-6-3-1-2-5-4-7(13)12-9(11)8(5)6/h1-3H,4H2,(H2,11,12,13). The van der Waals surface area contributed by atoms with Gasteiger partial charge in [0.2, 0.25) is 0 Å². The number of halogens is 1. The molecule has 0 fully saturated rings. The van der Waals surface area contributed by atoms with Crippen molar-refractivity contribution < 1.29 is 4.39 Å². The average Bonchev–Trinajstić information content (AvgIpc) is 2.02. The van der Waals surface area contributed by atoms with E-state index in [1.165, 1.54) is 6.07 Å². The lowest BCUT2D eigenvalue weighted by atomic mass is 10.0. The van der Waals surface area contributed by atoms with Gasteiger partial charge in [-0.25, -0.2) is 9.38 Å². The monoisotopic (exact) mass is 194 g/mol. The predicted octanol–water partition coefficient (Wildman–Crippen LogP) is 1.41. The fraction of sp³-hybridized carbons (Fsp3) is 0.111. The van der Waals surface area contributed by atoms with Crippen molar-refractivity contribution >= 4 is 23.0 Å². The van der Waals surface area contributed by atoms with E-state index in [1.54, 1.807) is 6.07 Å². The number of hydrogen-bond acceptors (Lipinski definition) is 2. The largest absolute Gasteiger partial charge is 0.383 e. The molecule has 0 spiro atoms. The Bertz CT molecular complexity index is 412. The van der Waals surface area contributed by atoms with E-state index >= 15 is 0 Å². The molecule has 2 N–H and O–H groups in total. The van der Waals surface area contributed by atoms with Crippen LogP contribution in [0.2, 0.25) is 0 Å². The second kappa shape index (κ2) is 2.88. The molecule has 1 aromatic rings. The Hall–Kier alpha value is -1.29. The van der Waals surface area contributed by atoms with Gasteiger partial charge in [-0.1, -0.05) is 24.4 Å². The summed E-state index contributed by atoms with van der Waals surface area (Å²) in [5, 5.41) is 0. The Labute approximate surface area is 80.3 Å². The number of fused-ring (bicyclic) bond motifs is 1. The Morgan fingerprint density at radius 3 is 3.00 bits per heavy atom. The van der Waals surface area contributed by atoms with Crippen LogP contribution in [-0.4, -0.2) is 10.8 Å². The summed E-state index contributed by atoms with van der Waals surface area (Å²) in [6, 6.07) is 4.83. The van der Waals surface area contributed by atoms with Gasteiger partial charge in [0.05, 0.1) is 5.56 Å². The third-order valence-corrected chi connectivity index (χ3v) is 2.18. The van der Waals surface area contributed by atoms with E-state index < -0.39 is 0 Å². The fourth-order valence-electron chi connectivity index (χ4n) is 1.40. The maximum Gasteiger partial charge on any atom is 0.135 e. The van der Waals surface area contributed by atoms with Gasteiger partial charge in [0.25, 0.3) is 0 Å². The van der Waals surface area contributed by atoms with E-state index in [0.29, 0.717) is 17.0 Å². The molecular formula is C9H7FN2S. The molecule has 0 saturated carbocycles. The molecule has 0 aromatic heterocycles. The summed E-state index contributed by atoms with van der Waals surface area (Å²) < 4.78 is 13.2. The Morgan fingerprint density at radius 2 is 2.23 bits per heavy atom. The minimum atomic E-state index is -0.332. The molecule has 0 atom stereocenters. The van der Waals surface area contributed by atoms with Crippen LogP contribution in [0.15, 0.2) is 23.2 Å². The Balaban J connectivity index is 2.67. The lowest BCUT2D eigenvalue weighted by molar-refractivity contribution is 0.623. The van der Waals surface area contributed by atoms with Crippen LogP contribution in [0.3, 0.4) is 0 Å². The molecule has 0 unspecified atom stereocenters. The lowest BCUT2D eigenvalue weighted by Gasteiger charge is -2.14. The van der Waals surface area contributed by atoms with E-state index in [4.69, 9.17) is 18.0 Å². The molecule has 0 aliphatic carbocycles. The maximum atomic E-state index is 13.2. The molecule has 1 aliphatic heterocycles. The smallest absolute Gasteiger partial charge is 0.135 e. The zero-order chi connectivity index (χ0) is 9.42. The number of aliphatic imine (C=N–C) groups is 1. The Morgan fingerprint density at radius 1 is 1.46 bits per heavy atom. The number of amidine groups is 1. The van der Waals surface area contributed by atoms with Gasteiger partial charge in [0.1, 0.15) is 16.6 Å². The average molecular weight is 194 g/mol. The summed E-state index contributed by atoms with van der Waals surface area (Å²) in [5.74, 6) is -0.148. The SMILES string of the molecule is NC1=NC(=S)Cc2cccc(F)c21. The molecule has 2 rings (SSSR count). The molecule has 2 nitrogen and oxygen atoms in total. The summed E-state index contributed by atoms with van der Waals surface area (Å²) in [6.07, 6.45) is 0.503. The summed E-state index contributed by atoms with van der Waals surface area (Å²) in [5.41, 5.74) is 6.78. The van der Waals surface area contributed by atoms with Crippen molar-refractivity contribution in [2.45, 2.75) is 6.42 Å². The van der Waals surface area contributed by atoms with Crippen LogP contribution in [0.5, 0.6) is 0 Å². The molecule has 0 saturated heterocycles. The predicted molar refractivity (Wildman–Crippen MR) is 53.4 cm³/mol. The molecule has 0 radical (unpaired) electrons. The quantitative estimate of drug-likeness (QED) is 0.634. The highest BCUT2D eigenvalue weighted by Crippen LogP contribution is 2.18. The topological polar surface area (TPSA) is 38.4 Å². The number of thiocarbonyl (C=S) groups is 1. The third kappa shape index (κ3) is 1.33. The first kappa shape index (κ1) is 8.31. The zero-order valence-corrected chi connectivity index (χ0v) is 7.57. The van der Waals surface area contributed by atoms with Crippen LogP contribution in [-0.2, 0) is 6.42 Å². The fourth-order valence-corrected chi connectivity index (χ4v) is 1.65. The molecule has 66 valence electrons. The van der Waals surface area contributed by atoms with Gasteiger partial charge in [-0.05, 0) is 11.6 Å². The van der Waals surface area contributed by atoms with Crippen LogP contribution < -0.4 is 5.73 Å². The highest BCUT2D eigenvalue weighted by atomic mass is 32.1.